The Morgan fingerprint density at radius 3 is 2.19 bits per heavy atom. The molecule has 0 bridgehead atoms. The number of aromatic nitrogens is 2. The van der Waals surface area contributed by atoms with Gasteiger partial charge >= 0.3 is 6.09 Å². The Kier molecular flexibility index (Phi) is 5.49. The largest absolute Gasteiger partial charge is 0.444 e. The van der Waals surface area contributed by atoms with Crippen molar-refractivity contribution >= 4 is 17.7 Å². The van der Waals surface area contributed by atoms with Crippen molar-refractivity contribution in [3.63, 3.8) is 0 Å². The molecule has 1 aliphatic heterocycles. The zero-order valence-corrected chi connectivity index (χ0v) is 17.2. The monoisotopic (exact) mass is 375 g/mol. The summed E-state index contributed by atoms with van der Waals surface area (Å²) in [4.78, 5) is 23.1. The maximum atomic E-state index is 11.9. The maximum absolute atomic E-state index is 11.9. The van der Waals surface area contributed by atoms with Crippen LogP contribution in [-0.4, -0.2) is 46.8 Å². The molecule has 27 heavy (non-hydrogen) atoms. The van der Waals surface area contributed by atoms with E-state index in [9.17, 15) is 4.79 Å². The first-order chi connectivity index (χ1) is 12.6. The zero-order valence-electron chi connectivity index (χ0n) is 17.2. The van der Waals surface area contributed by atoms with E-state index in [0.717, 1.165) is 50.4 Å². The van der Waals surface area contributed by atoms with Crippen LogP contribution in [0.25, 0.3) is 0 Å². The number of carbonyl (C=O) groups is 1. The van der Waals surface area contributed by atoms with Crippen LogP contribution in [0.15, 0.2) is 12.4 Å². The number of hydrogen-bond acceptors (Lipinski definition) is 6. The third-order valence-electron chi connectivity index (χ3n) is 4.98. The predicted molar refractivity (Wildman–Crippen MR) is 107 cm³/mol. The van der Waals surface area contributed by atoms with Crippen molar-refractivity contribution < 1.29 is 9.53 Å². The van der Waals surface area contributed by atoms with Crippen molar-refractivity contribution in [3.8, 4) is 0 Å². The van der Waals surface area contributed by atoms with Crippen LogP contribution in [0.4, 0.5) is 16.4 Å². The molecule has 2 heterocycles. The fourth-order valence-electron chi connectivity index (χ4n) is 3.78. The Morgan fingerprint density at radius 1 is 1.11 bits per heavy atom. The lowest BCUT2D eigenvalue weighted by atomic mass is 9.85. The molecule has 2 fully saturated rings. The van der Waals surface area contributed by atoms with Crippen molar-refractivity contribution in [3.05, 3.63) is 12.4 Å². The van der Waals surface area contributed by atoms with E-state index in [1.807, 2.05) is 33.2 Å². The van der Waals surface area contributed by atoms with Gasteiger partial charge in [-0.25, -0.2) is 14.8 Å². The van der Waals surface area contributed by atoms with Crippen LogP contribution in [0.1, 0.15) is 60.3 Å². The summed E-state index contributed by atoms with van der Waals surface area (Å²) < 4.78 is 5.33. The summed E-state index contributed by atoms with van der Waals surface area (Å²) in [5.41, 5.74) is 0.870. The minimum Gasteiger partial charge on any atom is -0.444 e. The molecule has 2 aliphatic rings. The van der Waals surface area contributed by atoms with Gasteiger partial charge in [-0.2, -0.15) is 0 Å². The number of amides is 1. The van der Waals surface area contributed by atoms with Gasteiger partial charge in [0.15, 0.2) is 0 Å². The minimum atomic E-state index is -0.458. The summed E-state index contributed by atoms with van der Waals surface area (Å²) >= 11 is 0. The molecule has 0 unspecified atom stereocenters. The molecule has 1 saturated carbocycles. The average Bonchev–Trinajstić information content (AvgIpc) is 2.53. The lowest BCUT2D eigenvalue weighted by Crippen LogP contribution is -2.53. The van der Waals surface area contributed by atoms with Crippen LogP contribution in [0.3, 0.4) is 0 Å². The number of ether oxygens (including phenoxy) is 1. The molecule has 0 spiro atoms. The molecular formula is C20H33N5O2. The first kappa shape index (κ1) is 19.7. The number of hydrogen-bond donors (Lipinski definition) is 2. The topological polar surface area (TPSA) is 79.4 Å². The van der Waals surface area contributed by atoms with Crippen LogP contribution in [-0.2, 0) is 4.74 Å². The van der Waals surface area contributed by atoms with Crippen molar-refractivity contribution in [2.24, 2.45) is 5.41 Å². The third-order valence-corrected chi connectivity index (χ3v) is 4.98. The molecule has 7 heteroatoms. The van der Waals surface area contributed by atoms with E-state index in [2.05, 4.69) is 39.3 Å². The third kappa shape index (κ3) is 5.71. The summed E-state index contributed by atoms with van der Waals surface area (Å²) in [5.74, 6) is 0.810. The molecule has 2 N–H and O–H groups in total. The van der Waals surface area contributed by atoms with E-state index < -0.39 is 5.60 Å². The van der Waals surface area contributed by atoms with Crippen molar-refractivity contribution in [2.75, 3.05) is 23.3 Å². The van der Waals surface area contributed by atoms with Gasteiger partial charge < -0.3 is 20.3 Å². The number of nitrogens with one attached hydrogen (secondary N) is 2. The first-order valence-electron chi connectivity index (χ1n) is 9.93. The lowest BCUT2D eigenvalue weighted by molar-refractivity contribution is 0.0492. The highest BCUT2D eigenvalue weighted by Crippen LogP contribution is 2.31. The smallest absolute Gasteiger partial charge is 0.407 e. The Morgan fingerprint density at radius 2 is 1.67 bits per heavy atom. The Bertz CT molecular complexity index is 637. The fourth-order valence-corrected chi connectivity index (χ4v) is 3.78. The van der Waals surface area contributed by atoms with Crippen molar-refractivity contribution in [2.45, 2.75) is 78.0 Å². The number of anilines is 2. The zero-order chi connectivity index (χ0) is 19.7. The maximum Gasteiger partial charge on any atom is 0.407 e. The van der Waals surface area contributed by atoms with E-state index in [1.165, 1.54) is 0 Å². The highest BCUT2D eigenvalue weighted by atomic mass is 16.6. The number of alkyl carbamates (subject to hydrolysis) is 1. The summed E-state index contributed by atoms with van der Waals surface area (Å²) in [7, 11) is 0. The second-order valence-electron chi connectivity index (χ2n) is 9.63. The second-order valence-corrected chi connectivity index (χ2v) is 9.63. The minimum absolute atomic E-state index is 0.186. The molecule has 0 aromatic carbocycles. The number of rotatable bonds is 4. The van der Waals surface area contributed by atoms with E-state index in [0.29, 0.717) is 11.5 Å². The van der Waals surface area contributed by atoms with Gasteiger partial charge in [0.1, 0.15) is 5.60 Å². The van der Waals surface area contributed by atoms with Crippen molar-refractivity contribution in [1.82, 2.24) is 15.3 Å². The summed E-state index contributed by atoms with van der Waals surface area (Å²) in [5, 5.41) is 6.50. The van der Waals surface area contributed by atoms with Crippen LogP contribution >= 0.6 is 0 Å². The first-order valence-corrected chi connectivity index (χ1v) is 9.93. The molecule has 0 atom stereocenters. The summed E-state index contributed by atoms with van der Waals surface area (Å²) in [6.07, 6.45) is 7.32. The number of nitrogens with zero attached hydrogens (tertiary/aromatic N) is 3. The standard InChI is InChI=1S/C20H33N5O2/c1-19(2,3)27-18(26)24-15-8-6-14(7-9-15)23-16-10-21-17(22-11-16)25-12-20(4,5)13-25/h10-11,14-15,23H,6-9,12-13H2,1-5H3,(H,24,26). The van der Waals surface area contributed by atoms with E-state index in [4.69, 9.17) is 4.74 Å². The predicted octanol–water partition coefficient (Wildman–Crippen LogP) is 3.57. The second kappa shape index (κ2) is 7.52. The molecule has 1 aromatic rings. The average molecular weight is 376 g/mol. The molecule has 3 rings (SSSR count). The Hall–Kier alpha value is -2.05. The van der Waals surface area contributed by atoms with Gasteiger partial charge in [-0.15, -0.1) is 0 Å². The molecule has 7 nitrogen and oxygen atoms in total. The molecule has 150 valence electrons. The van der Waals surface area contributed by atoms with Crippen LogP contribution in [0.2, 0.25) is 0 Å². The van der Waals surface area contributed by atoms with Crippen LogP contribution < -0.4 is 15.5 Å². The SMILES string of the molecule is CC1(C)CN(c2ncc(NC3CCC(NC(=O)OC(C)(C)C)CC3)cn2)C1. The quantitative estimate of drug-likeness (QED) is 0.837. The highest BCUT2D eigenvalue weighted by molar-refractivity contribution is 5.68. The highest BCUT2D eigenvalue weighted by Gasteiger charge is 2.35. The summed E-state index contributed by atoms with van der Waals surface area (Å²) in [6.45, 7) is 12.2. The van der Waals surface area contributed by atoms with Gasteiger partial charge in [0.05, 0.1) is 18.1 Å². The van der Waals surface area contributed by atoms with Gasteiger partial charge in [0.25, 0.3) is 0 Å². The van der Waals surface area contributed by atoms with Gasteiger partial charge in [0, 0.05) is 25.2 Å². The van der Waals surface area contributed by atoms with Gasteiger partial charge in [-0.3, -0.25) is 0 Å². The van der Waals surface area contributed by atoms with Crippen LogP contribution in [0, 0.1) is 5.41 Å². The number of carbonyl (C=O) groups excluding carboxylic acids is 1. The van der Waals surface area contributed by atoms with Gasteiger partial charge in [0.2, 0.25) is 5.95 Å². The molecule has 1 amide bonds. The lowest BCUT2D eigenvalue weighted by Gasteiger charge is -2.45. The normalized spacial score (nSPS) is 24.7. The van der Waals surface area contributed by atoms with Gasteiger partial charge in [-0.1, -0.05) is 13.8 Å². The molecule has 1 saturated heterocycles. The van der Waals surface area contributed by atoms with E-state index in [-0.39, 0.29) is 12.1 Å². The molecule has 1 aromatic heterocycles. The Labute approximate surface area is 162 Å². The summed E-state index contributed by atoms with van der Waals surface area (Å²) in [6, 6.07) is 0.574. The molecule has 1 aliphatic carbocycles. The van der Waals surface area contributed by atoms with Crippen LogP contribution in [0.5, 0.6) is 0 Å². The molecular weight excluding hydrogens is 342 g/mol. The van der Waals surface area contributed by atoms with Crippen molar-refractivity contribution in [1.29, 1.82) is 0 Å². The van der Waals surface area contributed by atoms with E-state index in [1.54, 1.807) is 0 Å². The Balaban J connectivity index is 1.41. The fraction of sp³-hybridized carbons (Fsp3) is 0.750. The van der Waals surface area contributed by atoms with E-state index >= 15 is 0 Å². The van der Waals surface area contributed by atoms with Gasteiger partial charge in [-0.05, 0) is 51.9 Å². The molecule has 0 radical (unpaired) electrons.